The standard InChI is InChI=1S/C16H29N3O/c1-7-16(8-2,20-6)15-18-12(3)14(13(4)19-15)10-9-11-17-5/h17H,7-11H2,1-6H3. The van der Waals surface area contributed by atoms with Gasteiger partial charge in [0.2, 0.25) is 0 Å². The first-order valence-electron chi connectivity index (χ1n) is 7.59. The molecule has 0 aliphatic rings. The molecule has 4 nitrogen and oxygen atoms in total. The first kappa shape index (κ1) is 17.1. The third kappa shape index (κ3) is 3.55. The van der Waals surface area contributed by atoms with Gasteiger partial charge in [-0.2, -0.15) is 0 Å². The second-order valence-corrected chi connectivity index (χ2v) is 5.31. The summed E-state index contributed by atoms with van der Waals surface area (Å²) in [6.07, 6.45) is 3.91. The molecule has 1 rings (SSSR count). The highest BCUT2D eigenvalue weighted by Gasteiger charge is 2.32. The summed E-state index contributed by atoms with van der Waals surface area (Å²) >= 11 is 0. The highest BCUT2D eigenvalue weighted by Crippen LogP contribution is 2.30. The molecule has 0 aliphatic carbocycles. The number of aromatic nitrogens is 2. The Bertz CT molecular complexity index is 396. The SMILES string of the molecule is CCC(CC)(OC)c1nc(C)c(CCCNC)c(C)n1. The molecule has 1 N–H and O–H groups in total. The Labute approximate surface area is 123 Å². The van der Waals surface area contributed by atoms with E-state index >= 15 is 0 Å². The van der Waals surface area contributed by atoms with Crippen LogP contribution >= 0.6 is 0 Å². The van der Waals surface area contributed by atoms with E-state index in [0.717, 1.165) is 49.4 Å². The number of hydrogen-bond acceptors (Lipinski definition) is 4. The Balaban J connectivity index is 3.09. The summed E-state index contributed by atoms with van der Waals surface area (Å²) < 4.78 is 5.74. The van der Waals surface area contributed by atoms with E-state index in [9.17, 15) is 0 Å². The van der Waals surface area contributed by atoms with Gasteiger partial charge in [0.1, 0.15) is 5.60 Å². The number of aryl methyl sites for hydroxylation is 2. The van der Waals surface area contributed by atoms with E-state index < -0.39 is 0 Å². The molecule has 0 saturated heterocycles. The summed E-state index contributed by atoms with van der Waals surface area (Å²) in [5, 5.41) is 3.18. The molecule has 0 unspecified atom stereocenters. The summed E-state index contributed by atoms with van der Waals surface area (Å²) in [4.78, 5) is 9.48. The normalized spacial score (nSPS) is 11.9. The van der Waals surface area contributed by atoms with Crippen molar-refractivity contribution in [1.29, 1.82) is 0 Å². The number of nitrogens with zero attached hydrogens (tertiary/aromatic N) is 2. The van der Waals surface area contributed by atoms with Gasteiger partial charge in [-0.1, -0.05) is 13.8 Å². The molecule has 1 heterocycles. The van der Waals surface area contributed by atoms with Crippen LogP contribution in [0.25, 0.3) is 0 Å². The minimum Gasteiger partial charge on any atom is -0.370 e. The maximum absolute atomic E-state index is 5.74. The van der Waals surface area contributed by atoms with Crippen molar-refractivity contribution in [2.45, 2.75) is 59.0 Å². The van der Waals surface area contributed by atoms with Gasteiger partial charge in [0, 0.05) is 18.5 Å². The smallest absolute Gasteiger partial charge is 0.160 e. The molecular formula is C16H29N3O. The van der Waals surface area contributed by atoms with E-state index in [2.05, 4.69) is 33.0 Å². The van der Waals surface area contributed by atoms with Crippen molar-refractivity contribution in [1.82, 2.24) is 15.3 Å². The minimum atomic E-state index is -0.348. The second kappa shape index (κ2) is 7.70. The van der Waals surface area contributed by atoms with Gasteiger partial charge in [0.05, 0.1) is 0 Å². The van der Waals surface area contributed by atoms with Gasteiger partial charge < -0.3 is 10.1 Å². The van der Waals surface area contributed by atoms with Crippen molar-refractivity contribution in [2.75, 3.05) is 20.7 Å². The summed E-state index contributed by atoms with van der Waals surface area (Å²) in [5.41, 5.74) is 3.11. The van der Waals surface area contributed by atoms with E-state index in [1.54, 1.807) is 7.11 Å². The maximum atomic E-state index is 5.74. The zero-order chi connectivity index (χ0) is 15.2. The fourth-order valence-corrected chi connectivity index (χ4v) is 2.69. The number of nitrogens with one attached hydrogen (secondary N) is 1. The molecule has 1 aromatic heterocycles. The summed E-state index contributed by atoms with van der Waals surface area (Å²) in [7, 11) is 3.73. The van der Waals surface area contributed by atoms with Gasteiger partial charge in [-0.25, -0.2) is 9.97 Å². The van der Waals surface area contributed by atoms with Crippen molar-refractivity contribution in [3.8, 4) is 0 Å². The van der Waals surface area contributed by atoms with Crippen LogP contribution in [0.4, 0.5) is 0 Å². The van der Waals surface area contributed by atoms with E-state index in [4.69, 9.17) is 14.7 Å². The van der Waals surface area contributed by atoms with Crippen LogP contribution in [-0.2, 0) is 16.8 Å². The van der Waals surface area contributed by atoms with Crippen molar-refractivity contribution in [2.24, 2.45) is 0 Å². The first-order valence-corrected chi connectivity index (χ1v) is 7.59. The Morgan fingerprint density at radius 2 is 1.65 bits per heavy atom. The Hall–Kier alpha value is -1.00. The van der Waals surface area contributed by atoms with Gasteiger partial charge in [0.25, 0.3) is 0 Å². The lowest BCUT2D eigenvalue weighted by atomic mass is 9.95. The highest BCUT2D eigenvalue weighted by atomic mass is 16.5. The van der Waals surface area contributed by atoms with E-state index in [1.807, 2.05) is 7.05 Å². The Morgan fingerprint density at radius 3 is 2.05 bits per heavy atom. The van der Waals surface area contributed by atoms with Crippen LogP contribution in [0.3, 0.4) is 0 Å². The zero-order valence-corrected chi connectivity index (χ0v) is 13.8. The molecule has 0 aromatic carbocycles. The second-order valence-electron chi connectivity index (χ2n) is 5.31. The monoisotopic (exact) mass is 279 g/mol. The van der Waals surface area contributed by atoms with Crippen LogP contribution in [0.2, 0.25) is 0 Å². The lowest BCUT2D eigenvalue weighted by molar-refractivity contribution is -0.0294. The molecule has 0 fully saturated rings. The molecule has 1 aromatic rings. The highest BCUT2D eigenvalue weighted by molar-refractivity contribution is 5.26. The molecule has 4 heteroatoms. The number of ether oxygens (including phenoxy) is 1. The third-order valence-electron chi connectivity index (χ3n) is 4.21. The zero-order valence-electron chi connectivity index (χ0n) is 13.8. The summed E-state index contributed by atoms with van der Waals surface area (Å²) in [6, 6.07) is 0. The van der Waals surface area contributed by atoms with Crippen LogP contribution in [-0.4, -0.2) is 30.7 Å². The van der Waals surface area contributed by atoms with Gasteiger partial charge in [-0.05, 0) is 58.7 Å². The van der Waals surface area contributed by atoms with Crippen molar-refractivity contribution in [3.63, 3.8) is 0 Å². The van der Waals surface area contributed by atoms with Crippen molar-refractivity contribution < 1.29 is 4.74 Å². The number of methoxy groups -OCH3 is 1. The molecule has 0 atom stereocenters. The predicted octanol–water partition coefficient (Wildman–Crippen LogP) is 2.91. The van der Waals surface area contributed by atoms with Crippen LogP contribution in [0.15, 0.2) is 0 Å². The largest absolute Gasteiger partial charge is 0.370 e. The number of rotatable bonds is 8. The lowest BCUT2D eigenvalue weighted by Gasteiger charge is -2.29. The third-order valence-corrected chi connectivity index (χ3v) is 4.21. The van der Waals surface area contributed by atoms with Crippen LogP contribution in [0.5, 0.6) is 0 Å². The average molecular weight is 279 g/mol. The van der Waals surface area contributed by atoms with Crippen LogP contribution < -0.4 is 5.32 Å². The lowest BCUT2D eigenvalue weighted by Crippen LogP contribution is -2.30. The Morgan fingerprint density at radius 1 is 1.10 bits per heavy atom. The van der Waals surface area contributed by atoms with Crippen LogP contribution in [0.1, 0.15) is 55.9 Å². The molecule has 0 spiro atoms. The van der Waals surface area contributed by atoms with Gasteiger partial charge in [0.15, 0.2) is 5.82 Å². The minimum absolute atomic E-state index is 0.348. The topological polar surface area (TPSA) is 47.0 Å². The van der Waals surface area contributed by atoms with Crippen LogP contribution in [0, 0.1) is 13.8 Å². The average Bonchev–Trinajstić information content (AvgIpc) is 2.44. The molecule has 0 aliphatic heterocycles. The van der Waals surface area contributed by atoms with Gasteiger partial charge >= 0.3 is 0 Å². The van der Waals surface area contributed by atoms with E-state index in [-0.39, 0.29) is 5.60 Å². The molecule has 0 bridgehead atoms. The molecule has 114 valence electrons. The molecule has 20 heavy (non-hydrogen) atoms. The molecule has 0 amide bonds. The van der Waals surface area contributed by atoms with E-state index in [0.29, 0.717) is 0 Å². The van der Waals surface area contributed by atoms with Gasteiger partial charge in [-0.3, -0.25) is 0 Å². The fraction of sp³-hybridized carbons (Fsp3) is 0.750. The summed E-state index contributed by atoms with van der Waals surface area (Å²) in [5.74, 6) is 0.831. The molecule has 0 saturated carbocycles. The quantitative estimate of drug-likeness (QED) is 0.743. The predicted molar refractivity (Wildman–Crippen MR) is 83.0 cm³/mol. The first-order chi connectivity index (χ1) is 9.54. The van der Waals surface area contributed by atoms with Crippen molar-refractivity contribution in [3.05, 3.63) is 22.8 Å². The fourth-order valence-electron chi connectivity index (χ4n) is 2.69. The molecular weight excluding hydrogens is 250 g/mol. The maximum Gasteiger partial charge on any atom is 0.160 e. The van der Waals surface area contributed by atoms with Crippen molar-refractivity contribution >= 4 is 0 Å². The van der Waals surface area contributed by atoms with E-state index in [1.165, 1.54) is 5.56 Å². The van der Waals surface area contributed by atoms with Gasteiger partial charge in [-0.15, -0.1) is 0 Å². The molecule has 0 radical (unpaired) electrons. The number of hydrogen-bond donors (Lipinski definition) is 1. The summed E-state index contributed by atoms with van der Waals surface area (Å²) in [6.45, 7) is 9.44. The Kier molecular flexibility index (Phi) is 6.56.